The zero-order valence-corrected chi connectivity index (χ0v) is 13.6. The van der Waals surface area contributed by atoms with Gasteiger partial charge in [-0.2, -0.15) is 4.99 Å². The third-order valence-electron chi connectivity index (χ3n) is 3.47. The fourth-order valence-corrected chi connectivity index (χ4v) is 4.13. The van der Waals surface area contributed by atoms with Gasteiger partial charge >= 0.3 is 0 Å². The number of thiazole rings is 2. The lowest BCUT2D eigenvalue weighted by atomic mass is 10.2. The van der Waals surface area contributed by atoms with Gasteiger partial charge in [-0.15, -0.1) is 11.3 Å². The molecule has 108 valence electrons. The third-order valence-corrected chi connectivity index (χ3v) is 5.32. The Morgan fingerprint density at radius 3 is 2.59 bits per heavy atom. The number of benzene rings is 2. The fourth-order valence-electron chi connectivity index (χ4n) is 2.33. The number of para-hydroxylation sites is 1. The molecule has 0 amide bonds. The molecule has 0 radical (unpaired) electrons. The molecule has 0 aliphatic heterocycles. The molecule has 0 atom stereocenters. The van der Waals surface area contributed by atoms with Crippen LogP contribution in [-0.2, 0) is 7.05 Å². The molecule has 4 rings (SSSR count). The monoisotopic (exact) mass is 323 g/mol. The normalized spacial score (nSPS) is 12.1. The summed E-state index contributed by atoms with van der Waals surface area (Å²) < 4.78 is 3.29. The number of fused-ring (bicyclic) bond motifs is 1. The van der Waals surface area contributed by atoms with E-state index in [-0.39, 0.29) is 0 Å². The van der Waals surface area contributed by atoms with Gasteiger partial charge in [0.05, 0.1) is 15.9 Å². The highest BCUT2D eigenvalue weighted by atomic mass is 32.1. The van der Waals surface area contributed by atoms with E-state index < -0.39 is 0 Å². The molecule has 0 saturated carbocycles. The molecule has 22 heavy (non-hydrogen) atoms. The maximum absolute atomic E-state index is 4.71. The van der Waals surface area contributed by atoms with Crippen LogP contribution in [-0.4, -0.2) is 9.55 Å². The van der Waals surface area contributed by atoms with E-state index in [4.69, 9.17) is 4.99 Å². The molecule has 0 saturated heterocycles. The van der Waals surface area contributed by atoms with Crippen molar-refractivity contribution >= 4 is 38.0 Å². The molecule has 0 unspecified atom stereocenters. The van der Waals surface area contributed by atoms with Gasteiger partial charge in [-0.25, -0.2) is 4.98 Å². The molecule has 4 aromatic rings. The molecule has 2 aromatic heterocycles. The molecule has 0 aliphatic carbocycles. The minimum atomic E-state index is 0.804. The second-order valence-electron chi connectivity index (χ2n) is 4.90. The quantitative estimate of drug-likeness (QED) is 0.530. The predicted octanol–water partition coefficient (Wildman–Crippen LogP) is 4.60. The van der Waals surface area contributed by atoms with E-state index in [1.54, 1.807) is 22.7 Å². The van der Waals surface area contributed by atoms with Gasteiger partial charge in [0, 0.05) is 12.4 Å². The summed E-state index contributed by atoms with van der Waals surface area (Å²) in [7, 11) is 2.05. The van der Waals surface area contributed by atoms with Crippen molar-refractivity contribution in [1.29, 1.82) is 0 Å². The summed E-state index contributed by atoms with van der Waals surface area (Å²) in [6.07, 6.45) is 0. The topological polar surface area (TPSA) is 30.2 Å². The summed E-state index contributed by atoms with van der Waals surface area (Å²) in [5, 5.41) is 2.94. The Bertz CT molecular complexity index is 960. The van der Waals surface area contributed by atoms with Gasteiger partial charge in [0.1, 0.15) is 0 Å². The standard InChI is InChI=1S/C17H13N3S2/c1-20-14(12-7-3-2-4-8-12)11-21-17(20)19-16-18-13-9-5-6-10-15(13)22-16/h2-11H,1H3/b19-17-. The summed E-state index contributed by atoms with van der Waals surface area (Å²) in [5.74, 6) is 0. The van der Waals surface area contributed by atoms with Crippen molar-refractivity contribution in [1.82, 2.24) is 9.55 Å². The van der Waals surface area contributed by atoms with E-state index in [9.17, 15) is 0 Å². The molecule has 0 spiro atoms. The molecule has 0 N–H and O–H groups in total. The Morgan fingerprint density at radius 1 is 1.00 bits per heavy atom. The van der Waals surface area contributed by atoms with Crippen LogP contribution >= 0.6 is 22.7 Å². The number of hydrogen-bond acceptors (Lipinski definition) is 4. The lowest BCUT2D eigenvalue weighted by Crippen LogP contribution is -2.10. The average molecular weight is 323 g/mol. The van der Waals surface area contributed by atoms with E-state index in [0.717, 1.165) is 15.4 Å². The lowest BCUT2D eigenvalue weighted by Gasteiger charge is -2.01. The predicted molar refractivity (Wildman–Crippen MR) is 93.6 cm³/mol. The van der Waals surface area contributed by atoms with Crippen LogP contribution in [0, 0.1) is 0 Å². The van der Waals surface area contributed by atoms with Gasteiger partial charge in [0.2, 0.25) is 5.13 Å². The zero-order chi connectivity index (χ0) is 14.9. The Labute approximate surface area is 135 Å². The summed E-state index contributed by atoms with van der Waals surface area (Å²) in [6, 6.07) is 18.5. The fraction of sp³-hybridized carbons (Fsp3) is 0.0588. The lowest BCUT2D eigenvalue weighted by molar-refractivity contribution is 0.882. The van der Waals surface area contributed by atoms with Crippen molar-refractivity contribution in [2.75, 3.05) is 0 Å². The van der Waals surface area contributed by atoms with Crippen LogP contribution in [0.25, 0.3) is 21.5 Å². The van der Waals surface area contributed by atoms with Crippen molar-refractivity contribution in [3.63, 3.8) is 0 Å². The van der Waals surface area contributed by atoms with Crippen molar-refractivity contribution in [3.05, 3.63) is 64.8 Å². The second-order valence-corrected chi connectivity index (χ2v) is 6.75. The minimum absolute atomic E-state index is 0.804. The van der Waals surface area contributed by atoms with E-state index in [2.05, 4.69) is 45.3 Å². The molecule has 0 bridgehead atoms. The number of nitrogens with zero attached hydrogens (tertiary/aromatic N) is 3. The number of aromatic nitrogens is 2. The maximum atomic E-state index is 4.71. The summed E-state index contributed by atoms with van der Waals surface area (Å²) in [6.45, 7) is 0. The van der Waals surface area contributed by atoms with Crippen LogP contribution in [0.5, 0.6) is 0 Å². The first-order chi connectivity index (χ1) is 10.8. The van der Waals surface area contributed by atoms with Crippen molar-refractivity contribution < 1.29 is 0 Å². The van der Waals surface area contributed by atoms with Gasteiger partial charge < -0.3 is 4.57 Å². The van der Waals surface area contributed by atoms with Crippen LogP contribution in [0.4, 0.5) is 5.13 Å². The van der Waals surface area contributed by atoms with Gasteiger partial charge in [-0.1, -0.05) is 53.8 Å². The van der Waals surface area contributed by atoms with E-state index in [0.29, 0.717) is 0 Å². The van der Waals surface area contributed by atoms with Crippen LogP contribution in [0.15, 0.2) is 65.0 Å². The molecule has 2 aromatic carbocycles. The average Bonchev–Trinajstić information content (AvgIpc) is 3.12. The summed E-state index contributed by atoms with van der Waals surface area (Å²) >= 11 is 3.26. The third kappa shape index (κ3) is 2.38. The molecular weight excluding hydrogens is 310 g/mol. The first-order valence-electron chi connectivity index (χ1n) is 6.91. The van der Waals surface area contributed by atoms with Crippen molar-refractivity contribution in [2.24, 2.45) is 12.0 Å². The highest BCUT2D eigenvalue weighted by molar-refractivity contribution is 7.22. The van der Waals surface area contributed by atoms with Gasteiger partial charge in [-0.05, 0) is 17.7 Å². The summed E-state index contributed by atoms with van der Waals surface area (Å²) in [5.41, 5.74) is 3.38. The van der Waals surface area contributed by atoms with Crippen molar-refractivity contribution in [2.45, 2.75) is 0 Å². The number of rotatable bonds is 2. The molecular formula is C17H13N3S2. The molecule has 3 nitrogen and oxygen atoms in total. The summed E-state index contributed by atoms with van der Waals surface area (Å²) in [4.78, 5) is 10.2. The van der Waals surface area contributed by atoms with E-state index >= 15 is 0 Å². The largest absolute Gasteiger partial charge is 0.319 e. The van der Waals surface area contributed by atoms with Crippen LogP contribution in [0.2, 0.25) is 0 Å². The Morgan fingerprint density at radius 2 is 1.77 bits per heavy atom. The zero-order valence-electron chi connectivity index (χ0n) is 11.9. The molecule has 0 aliphatic rings. The van der Waals surface area contributed by atoms with Gasteiger partial charge in [-0.3, -0.25) is 0 Å². The van der Waals surface area contributed by atoms with Crippen molar-refractivity contribution in [3.8, 4) is 11.3 Å². The SMILES string of the molecule is Cn1c(-c2ccccc2)cs/c1=N\c1nc2ccccc2s1. The maximum Gasteiger partial charge on any atom is 0.212 e. The second kappa shape index (κ2) is 5.51. The van der Waals surface area contributed by atoms with E-state index in [1.807, 2.05) is 31.3 Å². The van der Waals surface area contributed by atoms with Gasteiger partial charge in [0.25, 0.3) is 0 Å². The Balaban J connectivity index is 1.81. The highest BCUT2D eigenvalue weighted by Gasteiger charge is 2.06. The molecule has 5 heteroatoms. The first-order valence-corrected chi connectivity index (χ1v) is 8.61. The highest BCUT2D eigenvalue weighted by Crippen LogP contribution is 2.27. The Hall–Kier alpha value is -2.24. The van der Waals surface area contributed by atoms with Crippen LogP contribution < -0.4 is 4.80 Å². The van der Waals surface area contributed by atoms with Gasteiger partial charge in [0.15, 0.2) is 4.80 Å². The first kappa shape index (κ1) is 13.4. The Kier molecular flexibility index (Phi) is 3.36. The molecule has 0 fully saturated rings. The minimum Gasteiger partial charge on any atom is -0.319 e. The van der Waals surface area contributed by atoms with Crippen LogP contribution in [0.3, 0.4) is 0 Å². The number of hydrogen-bond donors (Lipinski definition) is 0. The smallest absolute Gasteiger partial charge is 0.212 e. The van der Waals surface area contributed by atoms with Crippen LogP contribution in [0.1, 0.15) is 0 Å². The molecule has 2 heterocycles. The van der Waals surface area contributed by atoms with E-state index in [1.165, 1.54) is 16.0 Å².